The topological polar surface area (TPSA) is 52.1 Å². The van der Waals surface area contributed by atoms with E-state index in [1.165, 1.54) is 62.3 Å². The number of carbonyl (C=O) groups excluding carboxylic acids is 1. The molecule has 0 amide bonds. The minimum absolute atomic E-state index is 0.233. The van der Waals surface area contributed by atoms with Gasteiger partial charge in [-0.15, -0.1) is 0 Å². The summed E-state index contributed by atoms with van der Waals surface area (Å²) in [5.74, 6) is -0.393. The second-order valence-corrected chi connectivity index (χ2v) is 9.38. The van der Waals surface area contributed by atoms with Gasteiger partial charge in [0, 0.05) is 0 Å². The van der Waals surface area contributed by atoms with Gasteiger partial charge in [-0.2, -0.15) is 0 Å². The maximum atomic E-state index is 12.1. The summed E-state index contributed by atoms with van der Waals surface area (Å²) in [6.45, 7) is 11.6. The molecule has 0 unspecified atom stereocenters. The monoisotopic (exact) mass is 424 g/mol. The van der Waals surface area contributed by atoms with Crippen LogP contribution in [0.5, 0.6) is 0 Å². The average molecular weight is 425 g/mol. The average Bonchev–Trinajstić information content (AvgIpc) is 2.72. The predicted octanol–water partition coefficient (Wildman–Crippen LogP) is 7.48. The number of aromatic nitrogens is 2. The van der Waals surface area contributed by atoms with E-state index in [0.717, 1.165) is 24.1 Å². The number of allylic oxidation sites excluding steroid dienone is 5. The second-order valence-electron chi connectivity index (χ2n) is 9.38. The van der Waals surface area contributed by atoms with Gasteiger partial charge in [0.2, 0.25) is 0 Å². The molecule has 0 saturated carbocycles. The highest BCUT2D eigenvalue weighted by atomic mass is 16.5. The lowest BCUT2D eigenvalue weighted by atomic mass is 9.72. The van der Waals surface area contributed by atoms with Crippen LogP contribution in [-0.4, -0.2) is 22.5 Å². The fraction of sp³-hybridized carbons (Fsp3) is 0.593. The summed E-state index contributed by atoms with van der Waals surface area (Å²) < 4.78 is 5.32. The van der Waals surface area contributed by atoms with Crippen LogP contribution in [0.2, 0.25) is 0 Å². The molecule has 0 saturated heterocycles. The minimum atomic E-state index is -0.393. The summed E-state index contributed by atoms with van der Waals surface area (Å²) in [5, 5.41) is 0. The molecule has 31 heavy (non-hydrogen) atoms. The van der Waals surface area contributed by atoms with E-state index in [1.807, 2.05) is 6.08 Å². The van der Waals surface area contributed by atoms with Crippen LogP contribution < -0.4 is 0 Å². The molecule has 0 spiro atoms. The fourth-order valence-corrected chi connectivity index (χ4v) is 4.15. The summed E-state index contributed by atoms with van der Waals surface area (Å²) in [6, 6.07) is 0. The first-order chi connectivity index (χ1) is 14.8. The third kappa shape index (κ3) is 8.43. The second kappa shape index (κ2) is 12.6. The smallest absolute Gasteiger partial charge is 0.358 e. The van der Waals surface area contributed by atoms with Crippen molar-refractivity contribution in [2.45, 2.75) is 92.4 Å². The lowest BCUT2D eigenvalue weighted by molar-refractivity contribution is 0.0490. The molecule has 4 nitrogen and oxygen atoms in total. The van der Waals surface area contributed by atoms with E-state index in [1.54, 1.807) is 6.20 Å². The van der Waals surface area contributed by atoms with Crippen LogP contribution >= 0.6 is 0 Å². The van der Waals surface area contributed by atoms with Gasteiger partial charge in [0.05, 0.1) is 24.7 Å². The Morgan fingerprint density at radius 1 is 1.13 bits per heavy atom. The number of rotatable bonds is 11. The van der Waals surface area contributed by atoms with Gasteiger partial charge in [0.25, 0.3) is 0 Å². The highest BCUT2D eigenvalue weighted by Gasteiger charge is 2.26. The van der Waals surface area contributed by atoms with Crippen molar-refractivity contribution < 1.29 is 9.53 Å². The van der Waals surface area contributed by atoms with E-state index in [-0.39, 0.29) is 11.1 Å². The van der Waals surface area contributed by atoms with Crippen molar-refractivity contribution in [3.8, 4) is 0 Å². The van der Waals surface area contributed by atoms with Gasteiger partial charge in [-0.25, -0.2) is 9.78 Å². The molecule has 0 atom stereocenters. The Bertz CT molecular complexity index is 801. The van der Waals surface area contributed by atoms with Crippen molar-refractivity contribution in [2.24, 2.45) is 5.41 Å². The van der Waals surface area contributed by atoms with Gasteiger partial charge in [-0.1, -0.05) is 70.6 Å². The number of hydrogen-bond donors (Lipinski definition) is 0. The molecule has 4 heteroatoms. The van der Waals surface area contributed by atoms with Gasteiger partial charge in [-0.3, -0.25) is 4.98 Å². The van der Waals surface area contributed by atoms with Crippen LogP contribution in [0, 0.1) is 5.41 Å². The molecule has 0 aliphatic heterocycles. The zero-order valence-electron chi connectivity index (χ0n) is 20.2. The van der Waals surface area contributed by atoms with Gasteiger partial charge in [0.1, 0.15) is 0 Å². The van der Waals surface area contributed by atoms with Crippen molar-refractivity contribution in [3.63, 3.8) is 0 Å². The molecular formula is C27H40N2O2. The molecule has 0 N–H and O–H groups in total. The first-order valence-electron chi connectivity index (χ1n) is 11.9. The van der Waals surface area contributed by atoms with Crippen LogP contribution in [0.3, 0.4) is 0 Å². The summed E-state index contributed by atoms with van der Waals surface area (Å²) in [5.41, 5.74) is 5.28. The first-order valence-corrected chi connectivity index (χ1v) is 11.9. The number of esters is 1. The zero-order chi connectivity index (χ0) is 22.7. The Morgan fingerprint density at radius 2 is 1.87 bits per heavy atom. The Labute approximate surface area is 188 Å². The molecule has 0 radical (unpaired) electrons. The predicted molar refractivity (Wildman–Crippen MR) is 129 cm³/mol. The van der Waals surface area contributed by atoms with Crippen LogP contribution in [0.4, 0.5) is 0 Å². The largest absolute Gasteiger partial charge is 0.461 e. The Kier molecular flexibility index (Phi) is 10.2. The van der Waals surface area contributed by atoms with E-state index in [0.29, 0.717) is 6.61 Å². The number of hydrogen-bond acceptors (Lipinski definition) is 4. The fourth-order valence-electron chi connectivity index (χ4n) is 4.15. The number of unbranched alkanes of at least 4 members (excludes halogenated alkanes) is 5. The SMILES string of the molecule is CCCCCCCCOC(=O)c1cnc(C=C(C)C=CC2=C(C)CCCC2(C)C)cn1. The van der Waals surface area contributed by atoms with Gasteiger partial charge in [-0.05, 0) is 62.2 Å². The molecule has 1 aromatic heterocycles. The molecule has 2 rings (SSSR count). The summed E-state index contributed by atoms with van der Waals surface area (Å²) in [7, 11) is 0. The maximum Gasteiger partial charge on any atom is 0.358 e. The number of nitrogens with zero attached hydrogens (tertiary/aromatic N) is 2. The van der Waals surface area contributed by atoms with Crippen LogP contribution in [0.1, 0.15) is 109 Å². The van der Waals surface area contributed by atoms with E-state index in [2.05, 4.69) is 56.7 Å². The Balaban J connectivity index is 1.86. The normalized spacial score (nSPS) is 16.7. The zero-order valence-corrected chi connectivity index (χ0v) is 20.2. The Morgan fingerprint density at radius 3 is 2.55 bits per heavy atom. The van der Waals surface area contributed by atoms with E-state index >= 15 is 0 Å². The minimum Gasteiger partial charge on any atom is -0.461 e. The van der Waals surface area contributed by atoms with Crippen molar-refractivity contribution in [1.29, 1.82) is 0 Å². The van der Waals surface area contributed by atoms with E-state index in [4.69, 9.17) is 4.74 Å². The molecule has 0 bridgehead atoms. The van der Waals surface area contributed by atoms with Crippen LogP contribution in [0.15, 0.2) is 41.3 Å². The number of ether oxygens (including phenoxy) is 1. The third-order valence-corrected chi connectivity index (χ3v) is 6.04. The molecule has 170 valence electrons. The van der Waals surface area contributed by atoms with Crippen molar-refractivity contribution in [2.75, 3.05) is 6.61 Å². The molecule has 1 aliphatic rings. The van der Waals surface area contributed by atoms with Crippen LogP contribution in [0.25, 0.3) is 6.08 Å². The molecule has 1 aromatic rings. The van der Waals surface area contributed by atoms with Gasteiger partial charge >= 0.3 is 5.97 Å². The summed E-state index contributed by atoms with van der Waals surface area (Å²) in [4.78, 5) is 20.7. The highest BCUT2D eigenvalue weighted by Crippen LogP contribution is 2.40. The molecule has 0 fully saturated rings. The lowest BCUT2D eigenvalue weighted by Crippen LogP contribution is -2.19. The first kappa shape index (κ1) is 25.0. The van der Waals surface area contributed by atoms with Crippen molar-refractivity contribution in [1.82, 2.24) is 9.97 Å². The van der Waals surface area contributed by atoms with Crippen molar-refractivity contribution in [3.05, 3.63) is 52.7 Å². The maximum absolute atomic E-state index is 12.1. The van der Waals surface area contributed by atoms with E-state index in [9.17, 15) is 4.79 Å². The summed E-state index contributed by atoms with van der Waals surface area (Å²) in [6.07, 6.45) is 20.2. The highest BCUT2D eigenvalue weighted by molar-refractivity contribution is 5.86. The standard InChI is InChI=1S/C27H40N2O2/c1-6-7-8-9-10-11-17-31-26(30)25-20-28-23(19-29-25)18-21(2)14-15-24-22(3)13-12-16-27(24,4)5/h14-15,18-20H,6-13,16-17H2,1-5H3. The van der Waals surface area contributed by atoms with Crippen molar-refractivity contribution >= 4 is 12.0 Å². The number of carbonyl (C=O) groups is 1. The molecule has 1 heterocycles. The van der Waals surface area contributed by atoms with E-state index < -0.39 is 5.97 Å². The Hall–Kier alpha value is -2.23. The third-order valence-electron chi connectivity index (χ3n) is 6.04. The molecular weight excluding hydrogens is 384 g/mol. The quantitative estimate of drug-likeness (QED) is 0.210. The molecule has 0 aromatic carbocycles. The van der Waals surface area contributed by atoms with Gasteiger partial charge in [0.15, 0.2) is 5.69 Å². The van der Waals surface area contributed by atoms with Crippen LogP contribution in [-0.2, 0) is 4.74 Å². The lowest BCUT2D eigenvalue weighted by Gasteiger charge is -2.32. The molecule has 1 aliphatic carbocycles. The summed E-state index contributed by atoms with van der Waals surface area (Å²) >= 11 is 0. The van der Waals surface area contributed by atoms with Gasteiger partial charge < -0.3 is 4.74 Å².